The average Bonchev–Trinajstić information content (AvgIpc) is 2.40. The quantitative estimate of drug-likeness (QED) is 0.633. The Hall–Kier alpha value is -0.890. The first kappa shape index (κ1) is 18.2. The van der Waals surface area contributed by atoms with Gasteiger partial charge in [0.15, 0.2) is 5.82 Å². The second-order valence-corrected chi connectivity index (χ2v) is 7.00. The predicted octanol–water partition coefficient (Wildman–Crippen LogP) is 2.14. The Morgan fingerprint density at radius 1 is 1.43 bits per heavy atom. The first-order chi connectivity index (χ1) is 9.81. The normalized spacial score (nSPS) is 13.3. The van der Waals surface area contributed by atoms with Crippen LogP contribution in [0.25, 0.3) is 0 Å². The average molecular weight is 339 g/mol. The van der Waals surface area contributed by atoms with Gasteiger partial charge in [-0.25, -0.2) is 17.5 Å². The van der Waals surface area contributed by atoms with E-state index in [-0.39, 0.29) is 29.8 Å². The zero-order valence-corrected chi connectivity index (χ0v) is 13.3. The Balaban J connectivity index is 2.91. The molecule has 1 aromatic rings. The summed E-state index contributed by atoms with van der Waals surface area (Å²) in [6.45, 7) is 2.07. The fourth-order valence-electron chi connectivity index (χ4n) is 2.02. The zero-order valence-electron chi connectivity index (χ0n) is 11.8. The first-order valence-electron chi connectivity index (χ1n) is 6.66. The number of hydrogen-bond acceptors (Lipinski definition) is 4. The fraction of sp³-hybridized carbons (Fsp3) is 0.538. The monoisotopic (exact) mass is 338 g/mol. The number of nitrogens with two attached hydrogens (primary N) is 1. The number of hydrogen-bond donors (Lipinski definition) is 3. The SMILES string of the molecule is CCCC(CCO)CNS(=O)(=O)c1cc(Cl)cc(N)c1F. The van der Waals surface area contributed by atoms with Crippen LogP contribution >= 0.6 is 11.6 Å². The molecule has 0 saturated heterocycles. The van der Waals surface area contributed by atoms with Gasteiger partial charge >= 0.3 is 0 Å². The van der Waals surface area contributed by atoms with Gasteiger partial charge in [-0.05, 0) is 30.9 Å². The Morgan fingerprint density at radius 3 is 2.67 bits per heavy atom. The molecule has 1 atom stereocenters. The van der Waals surface area contributed by atoms with Crippen molar-refractivity contribution >= 4 is 27.3 Å². The van der Waals surface area contributed by atoms with Gasteiger partial charge in [-0.15, -0.1) is 0 Å². The smallest absolute Gasteiger partial charge is 0.243 e. The summed E-state index contributed by atoms with van der Waals surface area (Å²) < 4.78 is 40.5. The maximum Gasteiger partial charge on any atom is 0.243 e. The number of halogens is 2. The molecule has 0 aromatic heterocycles. The number of anilines is 1. The van der Waals surface area contributed by atoms with E-state index in [4.69, 9.17) is 22.4 Å². The van der Waals surface area contributed by atoms with Crippen LogP contribution in [0, 0.1) is 11.7 Å². The Morgan fingerprint density at radius 2 is 2.10 bits per heavy atom. The summed E-state index contributed by atoms with van der Waals surface area (Å²) >= 11 is 5.72. The molecule has 0 aliphatic rings. The summed E-state index contributed by atoms with van der Waals surface area (Å²) in [7, 11) is -4.04. The summed E-state index contributed by atoms with van der Waals surface area (Å²) in [5.74, 6) is -1.02. The number of aliphatic hydroxyl groups excluding tert-OH is 1. The van der Waals surface area contributed by atoms with Gasteiger partial charge in [-0.1, -0.05) is 24.9 Å². The van der Waals surface area contributed by atoms with Crippen molar-refractivity contribution in [3.05, 3.63) is 23.0 Å². The van der Waals surface area contributed by atoms with Crippen LogP contribution in [0.5, 0.6) is 0 Å². The van der Waals surface area contributed by atoms with Gasteiger partial charge in [0, 0.05) is 18.2 Å². The molecule has 0 saturated carbocycles. The van der Waals surface area contributed by atoms with Crippen molar-refractivity contribution in [2.75, 3.05) is 18.9 Å². The van der Waals surface area contributed by atoms with Crippen LogP contribution in [0.2, 0.25) is 5.02 Å². The number of rotatable bonds is 8. The molecular formula is C13H20ClFN2O3S. The van der Waals surface area contributed by atoms with Crippen molar-refractivity contribution in [2.24, 2.45) is 5.92 Å². The van der Waals surface area contributed by atoms with Crippen LogP contribution in [0.3, 0.4) is 0 Å². The largest absolute Gasteiger partial charge is 0.396 e. The van der Waals surface area contributed by atoms with Crippen molar-refractivity contribution in [1.82, 2.24) is 4.72 Å². The lowest BCUT2D eigenvalue weighted by Gasteiger charge is -2.16. The van der Waals surface area contributed by atoms with Crippen LogP contribution in [0.4, 0.5) is 10.1 Å². The van der Waals surface area contributed by atoms with Gasteiger partial charge in [-0.3, -0.25) is 0 Å². The van der Waals surface area contributed by atoms with Crippen LogP contribution < -0.4 is 10.5 Å². The summed E-state index contributed by atoms with van der Waals surface area (Å²) in [6.07, 6.45) is 2.12. The molecule has 0 bridgehead atoms. The van der Waals surface area contributed by atoms with Crippen molar-refractivity contribution in [3.8, 4) is 0 Å². The summed E-state index contributed by atoms with van der Waals surface area (Å²) in [6, 6.07) is 2.18. The molecule has 0 spiro atoms. The highest BCUT2D eigenvalue weighted by Crippen LogP contribution is 2.25. The molecule has 1 aromatic carbocycles. The van der Waals surface area contributed by atoms with E-state index in [2.05, 4.69) is 4.72 Å². The van der Waals surface area contributed by atoms with Gasteiger partial charge in [0.1, 0.15) is 4.90 Å². The molecule has 21 heavy (non-hydrogen) atoms. The number of nitrogens with one attached hydrogen (secondary N) is 1. The molecule has 1 rings (SSSR count). The molecule has 0 aliphatic heterocycles. The number of aliphatic hydroxyl groups is 1. The Labute approximate surface area is 129 Å². The molecular weight excluding hydrogens is 319 g/mol. The molecule has 0 radical (unpaired) electrons. The maximum atomic E-state index is 13.9. The highest BCUT2D eigenvalue weighted by molar-refractivity contribution is 7.89. The van der Waals surface area contributed by atoms with Crippen molar-refractivity contribution < 1.29 is 17.9 Å². The van der Waals surface area contributed by atoms with E-state index < -0.39 is 20.7 Å². The second kappa shape index (κ2) is 7.93. The first-order valence-corrected chi connectivity index (χ1v) is 8.53. The Kier molecular flexibility index (Phi) is 6.86. The lowest BCUT2D eigenvalue weighted by Crippen LogP contribution is -2.30. The van der Waals surface area contributed by atoms with E-state index in [1.54, 1.807) is 0 Å². The molecule has 5 nitrogen and oxygen atoms in total. The predicted molar refractivity (Wildman–Crippen MR) is 81.1 cm³/mol. The summed E-state index contributed by atoms with van der Waals surface area (Å²) in [4.78, 5) is -0.563. The van der Waals surface area contributed by atoms with Crippen LogP contribution in [0.1, 0.15) is 26.2 Å². The van der Waals surface area contributed by atoms with Crippen LogP contribution in [0.15, 0.2) is 17.0 Å². The number of nitrogen functional groups attached to an aromatic ring is 1. The third-order valence-electron chi connectivity index (χ3n) is 3.12. The topological polar surface area (TPSA) is 92.4 Å². The van der Waals surface area contributed by atoms with Gasteiger partial charge in [0.2, 0.25) is 10.0 Å². The summed E-state index contributed by atoms with van der Waals surface area (Å²) in [5, 5.41) is 9.01. The minimum atomic E-state index is -4.04. The van der Waals surface area contributed by atoms with E-state index in [1.165, 1.54) is 0 Å². The van der Waals surface area contributed by atoms with Gasteiger partial charge in [0.05, 0.1) is 5.69 Å². The fourth-order valence-corrected chi connectivity index (χ4v) is 3.56. The standard InChI is InChI=1S/C13H20ClFN2O3S/c1-2-3-9(4-5-18)8-17-21(19,20)12-7-10(14)6-11(16)13(12)15/h6-7,9,17-18H,2-5,8,16H2,1H3. The molecule has 120 valence electrons. The van der Waals surface area contributed by atoms with E-state index in [0.717, 1.165) is 25.0 Å². The van der Waals surface area contributed by atoms with E-state index in [0.29, 0.717) is 6.42 Å². The van der Waals surface area contributed by atoms with Crippen molar-refractivity contribution in [1.29, 1.82) is 0 Å². The molecule has 0 fully saturated rings. The third-order valence-corrected chi connectivity index (χ3v) is 4.76. The van der Waals surface area contributed by atoms with E-state index >= 15 is 0 Å². The molecule has 0 aliphatic carbocycles. The summed E-state index contributed by atoms with van der Waals surface area (Å²) in [5.41, 5.74) is 5.07. The van der Waals surface area contributed by atoms with Crippen molar-refractivity contribution in [2.45, 2.75) is 31.1 Å². The van der Waals surface area contributed by atoms with Gasteiger partial charge < -0.3 is 10.8 Å². The number of benzene rings is 1. The molecule has 1 unspecified atom stereocenters. The van der Waals surface area contributed by atoms with Crippen molar-refractivity contribution in [3.63, 3.8) is 0 Å². The highest BCUT2D eigenvalue weighted by Gasteiger charge is 2.22. The van der Waals surface area contributed by atoms with Gasteiger partial charge in [0.25, 0.3) is 0 Å². The molecule has 8 heteroatoms. The van der Waals surface area contributed by atoms with Crippen LogP contribution in [-0.4, -0.2) is 26.7 Å². The third kappa shape index (κ3) is 5.10. The molecule has 0 amide bonds. The van der Waals surface area contributed by atoms with Crippen LogP contribution in [-0.2, 0) is 10.0 Å². The second-order valence-electron chi connectivity index (χ2n) is 4.83. The highest BCUT2D eigenvalue weighted by atomic mass is 35.5. The maximum absolute atomic E-state index is 13.9. The lowest BCUT2D eigenvalue weighted by atomic mass is 10.0. The minimum absolute atomic E-state index is 0.00522. The van der Waals surface area contributed by atoms with E-state index in [9.17, 15) is 12.8 Å². The lowest BCUT2D eigenvalue weighted by molar-refractivity contribution is 0.251. The van der Waals surface area contributed by atoms with Gasteiger partial charge in [-0.2, -0.15) is 0 Å². The minimum Gasteiger partial charge on any atom is -0.396 e. The molecule has 0 heterocycles. The van der Waals surface area contributed by atoms with E-state index in [1.807, 2.05) is 6.92 Å². The number of sulfonamides is 1. The molecule has 4 N–H and O–H groups in total. The Bertz CT molecular complexity index is 575. The zero-order chi connectivity index (χ0) is 16.0.